The second kappa shape index (κ2) is 8.19. The number of methoxy groups -OCH3 is 1. The Kier molecular flexibility index (Phi) is 5.39. The fourth-order valence-electron chi connectivity index (χ4n) is 3.75. The lowest BCUT2D eigenvalue weighted by atomic mass is 10.1. The summed E-state index contributed by atoms with van der Waals surface area (Å²) < 4.78 is 5.14. The highest BCUT2D eigenvalue weighted by atomic mass is 16.6. The van der Waals surface area contributed by atoms with Crippen molar-refractivity contribution in [1.29, 1.82) is 0 Å². The number of imide groups is 1. The van der Waals surface area contributed by atoms with E-state index in [4.69, 9.17) is 4.74 Å². The van der Waals surface area contributed by atoms with E-state index in [9.17, 15) is 24.5 Å². The molecule has 0 atom stereocenters. The van der Waals surface area contributed by atoms with Crippen molar-refractivity contribution in [3.05, 3.63) is 92.5 Å². The maximum Gasteiger partial charge on any atom is 0.273 e. The molecular weight excluding hydrogens is 426 g/mol. The molecule has 0 aliphatic carbocycles. The van der Waals surface area contributed by atoms with Crippen LogP contribution in [0.2, 0.25) is 0 Å². The second-order valence-corrected chi connectivity index (χ2v) is 7.59. The molecule has 9 nitrogen and oxygen atoms in total. The van der Waals surface area contributed by atoms with Gasteiger partial charge in [-0.1, -0.05) is 17.7 Å². The van der Waals surface area contributed by atoms with Crippen molar-refractivity contribution in [2.45, 2.75) is 13.8 Å². The Morgan fingerprint density at radius 1 is 0.970 bits per heavy atom. The minimum Gasteiger partial charge on any atom is -0.494 e. The van der Waals surface area contributed by atoms with E-state index in [0.29, 0.717) is 5.69 Å². The Labute approximate surface area is 188 Å². The van der Waals surface area contributed by atoms with Crippen LogP contribution < -0.4 is 15.0 Å². The zero-order valence-electron chi connectivity index (χ0n) is 18.0. The van der Waals surface area contributed by atoms with Crippen LogP contribution in [-0.4, -0.2) is 29.8 Å². The summed E-state index contributed by atoms with van der Waals surface area (Å²) in [5.41, 5.74) is 2.83. The van der Waals surface area contributed by atoms with Crippen LogP contribution in [0.15, 0.2) is 54.6 Å². The van der Waals surface area contributed by atoms with Crippen LogP contribution in [0.25, 0.3) is 0 Å². The number of non-ortho nitro benzene ring substituents is 1. The number of carbonyl (C=O) groups is 3. The molecule has 3 aromatic rings. The molecule has 4 rings (SSSR count). The number of nitro benzene ring substituents is 1. The molecule has 0 aromatic heterocycles. The quantitative estimate of drug-likeness (QED) is 0.356. The van der Waals surface area contributed by atoms with Crippen molar-refractivity contribution in [2.75, 3.05) is 17.3 Å². The molecule has 33 heavy (non-hydrogen) atoms. The standard InChI is InChI=1S/C24H19N3O6/c1-13-4-9-20(14(2)10-13)26-23(29)17-7-5-15(11-18(17)24(26)30)22(28)25-19-8-6-16(27(31)32)12-21(19)33-3/h4-12H,1-3H3,(H,25,28). The number of nitro groups is 1. The number of carbonyl (C=O) groups excluding carboxylic acids is 3. The van der Waals surface area contributed by atoms with E-state index in [1.165, 1.54) is 43.5 Å². The molecule has 0 saturated carbocycles. The lowest BCUT2D eigenvalue weighted by Crippen LogP contribution is -2.30. The zero-order chi connectivity index (χ0) is 23.9. The fraction of sp³-hybridized carbons (Fsp3) is 0.125. The highest BCUT2D eigenvalue weighted by molar-refractivity contribution is 6.35. The Balaban J connectivity index is 1.63. The Morgan fingerprint density at radius 2 is 1.70 bits per heavy atom. The van der Waals surface area contributed by atoms with Gasteiger partial charge >= 0.3 is 0 Å². The molecule has 1 aliphatic rings. The van der Waals surface area contributed by atoms with Gasteiger partial charge in [0.05, 0.1) is 40.6 Å². The topological polar surface area (TPSA) is 119 Å². The van der Waals surface area contributed by atoms with Crippen molar-refractivity contribution in [3.63, 3.8) is 0 Å². The number of hydrogen-bond acceptors (Lipinski definition) is 6. The van der Waals surface area contributed by atoms with Gasteiger partial charge in [-0.25, -0.2) is 4.90 Å². The maximum absolute atomic E-state index is 13.1. The number of ether oxygens (including phenoxy) is 1. The number of amides is 3. The minimum absolute atomic E-state index is 0.117. The van der Waals surface area contributed by atoms with E-state index >= 15 is 0 Å². The summed E-state index contributed by atoms with van der Waals surface area (Å²) in [6.07, 6.45) is 0. The van der Waals surface area contributed by atoms with Crippen LogP contribution in [0.5, 0.6) is 5.75 Å². The summed E-state index contributed by atoms with van der Waals surface area (Å²) >= 11 is 0. The Hall–Kier alpha value is -4.53. The molecule has 0 radical (unpaired) electrons. The molecule has 1 aliphatic heterocycles. The second-order valence-electron chi connectivity index (χ2n) is 7.59. The number of rotatable bonds is 5. The van der Waals surface area contributed by atoms with Gasteiger partial charge in [0.25, 0.3) is 23.4 Å². The average molecular weight is 445 g/mol. The average Bonchev–Trinajstić information content (AvgIpc) is 3.03. The summed E-state index contributed by atoms with van der Waals surface area (Å²) in [6, 6.07) is 13.5. The molecule has 0 saturated heterocycles. The SMILES string of the molecule is COc1cc([N+](=O)[O-])ccc1NC(=O)c1ccc2c(c1)C(=O)N(c1ccc(C)cc1C)C2=O. The Morgan fingerprint density at radius 3 is 2.36 bits per heavy atom. The molecule has 0 unspecified atom stereocenters. The van der Waals surface area contributed by atoms with E-state index in [0.717, 1.165) is 16.0 Å². The van der Waals surface area contributed by atoms with Crippen molar-refractivity contribution in [3.8, 4) is 5.75 Å². The molecular formula is C24H19N3O6. The highest BCUT2D eigenvalue weighted by Gasteiger charge is 2.37. The number of benzene rings is 3. The van der Waals surface area contributed by atoms with Gasteiger partial charge in [0.1, 0.15) is 5.75 Å². The predicted octanol–water partition coefficient (Wildman–Crippen LogP) is 4.27. The van der Waals surface area contributed by atoms with Crippen molar-refractivity contribution in [2.24, 2.45) is 0 Å². The minimum atomic E-state index is -0.571. The first kappa shape index (κ1) is 21.7. The lowest BCUT2D eigenvalue weighted by molar-refractivity contribution is -0.384. The van der Waals surface area contributed by atoms with E-state index in [1.807, 2.05) is 26.0 Å². The van der Waals surface area contributed by atoms with Crippen molar-refractivity contribution >= 4 is 34.8 Å². The summed E-state index contributed by atoms with van der Waals surface area (Å²) in [6.45, 7) is 3.74. The monoisotopic (exact) mass is 445 g/mol. The Bertz CT molecular complexity index is 1350. The van der Waals surface area contributed by atoms with E-state index < -0.39 is 22.6 Å². The third-order valence-corrected chi connectivity index (χ3v) is 5.39. The van der Waals surface area contributed by atoms with E-state index in [2.05, 4.69) is 5.32 Å². The van der Waals surface area contributed by atoms with Crippen LogP contribution in [0, 0.1) is 24.0 Å². The van der Waals surface area contributed by atoms with Gasteiger partial charge in [0.2, 0.25) is 0 Å². The largest absolute Gasteiger partial charge is 0.494 e. The molecule has 9 heteroatoms. The van der Waals surface area contributed by atoms with Gasteiger partial charge in [-0.2, -0.15) is 0 Å². The molecule has 166 valence electrons. The maximum atomic E-state index is 13.1. The van der Waals surface area contributed by atoms with Crippen LogP contribution in [0.1, 0.15) is 42.2 Å². The number of fused-ring (bicyclic) bond motifs is 1. The molecule has 0 spiro atoms. The molecule has 1 heterocycles. The number of nitrogens with one attached hydrogen (secondary N) is 1. The lowest BCUT2D eigenvalue weighted by Gasteiger charge is -2.16. The first-order valence-corrected chi connectivity index (χ1v) is 9.95. The van der Waals surface area contributed by atoms with Crippen molar-refractivity contribution < 1.29 is 24.0 Å². The van der Waals surface area contributed by atoms with Gasteiger partial charge in [-0.05, 0) is 49.7 Å². The normalized spacial score (nSPS) is 12.5. The van der Waals surface area contributed by atoms with E-state index in [1.54, 1.807) is 6.07 Å². The number of hydrogen-bond donors (Lipinski definition) is 1. The number of anilines is 2. The van der Waals surface area contributed by atoms with Crippen LogP contribution in [0.4, 0.5) is 17.1 Å². The smallest absolute Gasteiger partial charge is 0.273 e. The van der Waals surface area contributed by atoms with Gasteiger partial charge in [-0.15, -0.1) is 0 Å². The molecule has 0 fully saturated rings. The molecule has 0 bridgehead atoms. The zero-order valence-corrected chi connectivity index (χ0v) is 18.0. The highest BCUT2D eigenvalue weighted by Crippen LogP contribution is 2.33. The van der Waals surface area contributed by atoms with Gasteiger partial charge < -0.3 is 10.1 Å². The first-order valence-electron chi connectivity index (χ1n) is 9.95. The summed E-state index contributed by atoms with van der Waals surface area (Å²) in [7, 11) is 1.33. The molecule has 3 aromatic carbocycles. The number of aryl methyl sites for hydroxylation is 2. The summed E-state index contributed by atoms with van der Waals surface area (Å²) in [4.78, 5) is 50.3. The summed E-state index contributed by atoms with van der Waals surface area (Å²) in [5, 5.41) is 13.6. The first-order chi connectivity index (χ1) is 15.7. The fourth-order valence-corrected chi connectivity index (χ4v) is 3.75. The van der Waals surface area contributed by atoms with Gasteiger partial charge in [0, 0.05) is 11.6 Å². The van der Waals surface area contributed by atoms with Gasteiger partial charge in [0.15, 0.2) is 0 Å². The van der Waals surface area contributed by atoms with Crippen molar-refractivity contribution in [1.82, 2.24) is 0 Å². The predicted molar refractivity (Wildman–Crippen MR) is 121 cm³/mol. The third-order valence-electron chi connectivity index (χ3n) is 5.39. The van der Waals surface area contributed by atoms with E-state index in [-0.39, 0.29) is 33.8 Å². The third kappa shape index (κ3) is 3.80. The van der Waals surface area contributed by atoms with Crippen LogP contribution >= 0.6 is 0 Å². The van der Waals surface area contributed by atoms with Crippen LogP contribution in [-0.2, 0) is 0 Å². The molecule has 1 N–H and O–H groups in total. The molecule has 3 amide bonds. The van der Waals surface area contributed by atoms with Crippen LogP contribution in [0.3, 0.4) is 0 Å². The summed E-state index contributed by atoms with van der Waals surface area (Å²) in [5.74, 6) is -1.41. The number of nitrogens with zero attached hydrogens (tertiary/aromatic N) is 2. The van der Waals surface area contributed by atoms with Gasteiger partial charge in [-0.3, -0.25) is 24.5 Å².